The molecular formula is C14H24N2O3. The number of piperidine rings is 1. The summed E-state index contributed by atoms with van der Waals surface area (Å²) in [6.07, 6.45) is 4.02. The minimum Gasteiger partial charge on any atom is -0.466 e. The third kappa shape index (κ3) is 3.93. The van der Waals surface area contributed by atoms with Crippen LogP contribution < -0.4 is 5.32 Å². The lowest BCUT2D eigenvalue weighted by Gasteiger charge is -2.35. The lowest BCUT2D eigenvalue weighted by molar-refractivity contribution is -0.151. The highest BCUT2D eigenvalue weighted by Crippen LogP contribution is 2.22. The molecule has 2 fully saturated rings. The van der Waals surface area contributed by atoms with Gasteiger partial charge in [0.05, 0.1) is 18.6 Å². The highest BCUT2D eigenvalue weighted by atomic mass is 16.5. The van der Waals surface area contributed by atoms with E-state index in [-0.39, 0.29) is 23.8 Å². The first-order valence-electron chi connectivity index (χ1n) is 7.33. The molecule has 1 heterocycles. The van der Waals surface area contributed by atoms with E-state index in [1.807, 2.05) is 13.8 Å². The van der Waals surface area contributed by atoms with Gasteiger partial charge in [0.2, 0.25) is 5.91 Å². The molecule has 19 heavy (non-hydrogen) atoms. The second kappa shape index (κ2) is 6.37. The van der Waals surface area contributed by atoms with Crippen molar-refractivity contribution in [2.75, 3.05) is 19.7 Å². The molecule has 1 aliphatic heterocycles. The molecule has 108 valence electrons. The molecule has 5 heteroatoms. The van der Waals surface area contributed by atoms with Crippen LogP contribution >= 0.6 is 0 Å². The van der Waals surface area contributed by atoms with Crippen molar-refractivity contribution in [2.24, 2.45) is 5.92 Å². The molecular weight excluding hydrogens is 244 g/mol. The number of likely N-dealkylation sites (tertiary alicyclic amines) is 1. The summed E-state index contributed by atoms with van der Waals surface area (Å²) in [5.74, 6) is -0.112. The van der Waals surface area contributed by atoms with Gasteiger partial charge >= 0.3 is 5.97 Å². The van der Waals surface area contributed by atoms with Crippen LogP contribution in [0, 0.1) is 5.92 Å². The van der Waals surface area contributed by atoms with Gasteiger partial charge in [-0.05, 0) is 46.1 Å². The van der Waals surface area contributed by atoms with Crippen LogP contribution in [0.1, 0.15) is 39.5 Å². The predicted molar refractivity (Wildman–Crippen MR) is 71.6 cm³/mol. The van der Waals surface area contributed by atoms with Gasteiger partial charge in [0.25, 0.3) is 0 Å². The van der Waals surface area contributed by atoms with Crippen LogP contribution in [0.5, 0.6) is 0 Å². The second-order valence-electron chi connectivity index (χ2n) is 5.54. The molecule has 1 amide bonds. The molecule has 1 unspecified atom stereocenters. The molecule has 0 aromatic carbocycles. The van der Waals surface area contributed by atoms with Gasteiger partial charge in [0.15, 0.2) is 0 Å². The number of nitrogens with zero attached hydrogens (tertiary/aromatic N) is 1. The number of carbonyl (C=O) groups excluding carboxylic acids is 2. The Hall–Kier alpha value is -1.10. The highest BCUT2D eigenvalue weighted by Gasteiger charge is 2.33. The quantitative estimate of drug-likeness (QED) is 0.754. The summed E-state index contributed by atoms with van der Waals surface area (Å²) in [6.45, 7) is 5.69. The minimum absolute atomic E-state index is 0.0788. The summed E-state index contributed by atoms with van der Waals surface area (Å²) < 4.78 is 5.08. The van der Waals surface area contributed by atoms with E-state index >= 15 is 0 Å². The molecule has 1 aliphatic carbocycles. The molecule has 1 saturated heterocycles. The normalized spacial score (nSPS) is 25.7. The number of hydrogen-bond donors (Lipinski definition) is 1. The van der Waals surface area contributed by atoms with E-state index in [1.54, 1.807) is 0 Å². The monoisotopic (exact) mass is 268 g/mol. The Morgan fingerprint density at radius 1 is 1.37 bits per heavy atom. The Balaban J connectivity index is 1.84. The fraction of sp³-hybridized carbons (Fsp3) is 0.857. The molecule has 2 atom stereocenters. The lowest BCUT2D eigenvalue weighted by Crippen LogP contribution is -2.50. The van der Waals surface area contributed by atoms with E-state index in [1.165, 1.54) is 0 Å². The fourth-order valence-electron chi connectivity index (χ4n) is 2.53. The minimum atomic E-state index is -0.155. The maximum atomic E-state index is 12.0. The smallest absolute Gasteiger partial charge is 0.310 e. The molecule has 0 aromatic rings. The summed E-state index contributed by atoms with van der Waals surface area (Å²) in [6, 6.07) is 0.235. The number of ether oxygens (including phenoxy) is 1. The first-order valence-corrected chi connectivity index (χ1v) is 7.33. The number of nitrogens with one attached hydrogen (secondary N) is 1. The summed E-state index contributed by atoms with van der Waals surface area (Å²) in [7, 11) is 0. The van der Waals surface area contributed by atoms with E-state index in [9.17, 15) is 9.59 Å². The number of hydrogen-bond acceptors (Lipinski definition) is 4. The molecule has 2 aliphatic rings. The summed E-state index contributed by atoms with van der Waals surface area (Å²) >= 11 is 0. The molecule has 5 nitrogen and oxygen atoms in total. The van der Waals surface area contributed by atoms with Crippen molar-refractivity contribution in [3.63, 3.8) is 0 Å². The number of rotatable bonds is 5. The van der Waals surface area contributed by atoms with Crippen LogP contribution in [0.25, 0.3) is 0 Å². The van der Waals surface area contributed by atoms with Crippen molar-refractivity contribution in [1.82, 2.24) is 10.2 Å². The zero-order valence-corrected chi connectivity index (χ0v) is 11.9. The first kappa shape index (κ1) is 14.3. The lowest BCUT2D eigenvalue weighted by atomic mass is 9.97. The van der Waals surface area contributed by atoms with Crippen molar-refractivity contribution in [1.29, 1.82) is 0 Å². The van der Waals surface area contributed by atoms with Crippen molar-refractivity contribution < 1.29 is 14.3 Å². The van der Waals surface area contributed by atoms with Crippen LogP contribution in [0.15, 0.2) is 0 Å². The van der Waals surface area contributed by atoms with E-state index in [0.29, 0.717) is 19.2 Å². The Morgan fingerprint density at radius 2 is 2.11 bits per heavy atom. The Labute approximate surface area is 114 Å². The van der Waals surface area contributed by atoms with E-state index in [0.717, 1.165) is 32.2 Å². The van der Waals surface area contributed by atoms with Crippen molar-refractivity contribution >= 4 is 11.9 Å². The number of amides is 1. The summed E-state index contributed by atoms with van der Waals surface area (Å²) in [5, 5.41) is 3.02. The van der Waals surface area contributed by atoms with E-state index in [2.05, 4.69) is 10.2 Å². The SMILES string of the molecule is CCOC(=O)[C@H]1CCCN(C(C)C(=O)NC2CC2)C1. The van der Waals surface area contributed by atoms with Crippen molar-refractivity contribution in [3.8, 4) is 0 Å². The average Bonchev–Trinajstić information content (AvgIpc) is 3.22. The molecule has 0 radical (unpaired) electrons. The van der Waals surface area contributed by atoms with Gasteiger partial charge in [-0.25, -0.2) is 0 Å². The molecule has 0 aromatic heterocycles. The maximum Gasteiger partial charge on any atom is 0.310 e. The number of esters is 1. The topological polar surface area (TPSA) is 58.6 Å². The van der Waals surface area contributed by atoms with Crippen LogP contribution in [0.3, 0.4) is 0 Å². The van der Waals surface area contributed by atoms with Crippen molar-refractivity contribution in [3.05, 3.63) is 0 Å². The van der Waals surface area contributed by atoms with Crippen molar-refractivity contribution in [2.45, 2.75) is 51.6 Å². The maximum absolute atomic E-state index is 12.0. The van der Waals surface area contributed by atoms with Crippen LogP contribution in [-0.2, 0) is 14.3 Å². The highest BCUT2D eigenvalue weighted by molar-refractivity contribution is 5.82. The molecule has 0 spiro atoms. The standard InChI is InChI=1S/C14H24N2O3/c1-3-19-14(18)11-5-4-8-16(9-11)10(2)13(17)15-12-6-7-12/h10-12H,3-9H2,1-2H3,(H,15,17)/t10?,11-/m0/s1. The molecule has 0 bridgehead atoms. The first-order chi connectivity index (χ1) is 9.11. The van der Waals surface area contributed by atoms with Gasteiger partial charge in [0, 0.05) is 12.6 Å². The zero-order valence-electron chi connectivity index (χ0n) is 11.9. The van der Waals surface area contributed by atoms with Gasteiger partial charge in [-0.3, -0.25) is 14.5 Å². The number of carbonyl (C=O) groups is 2. The predicted octanol–water partition coefficient (Wildman–Crippen LogP) is 0.929. The molecule has 2 rings (SSSR count). The van der Waals surface area contributed by atoms with Crippen LogP contribution in [-0.4, -0.2) is 48.6 Å². The fourth-order valence-corrected chi connectivity index (χ4v) is 2.53. The van der Waals surface area contributed by atoms with Gasteiger partial charge in [0.1, 0.15) is 0 Å². The van der Waals surface area contributed by atoms with Gasteiger partial charge in [-0.2, -0.15) is 0 Å². The summed E-state index contributed by atoms with van der Waals surface area (Å²) in [4.78, 5) is 25.9. The zero-order chi connectivity index (χ0) is 13.8. The van der Waals surface area contributed by atoms with Gasteiger partial charge in [-0.15, -0.1) is 0 Å². The van der Waals surface area contributed by atoms with E-state index < -0.39 is 0 Å². The molecule has 1 N–H and O–H groups in total. The Morgan fingerprint density at radius 3 is 2.74 bits per heavy atom. The largest absolute Gasteiger partial charge is 0.466 e. The third-order valence-corrected chi connectivity index (χ3v) is 3.92. The van der Waals surface area contributed by atoms with E-state index in [4.69, 9.17) is 4.74 Å². The third-order valence-electron chi connectivity index (χ3n) is 3.92. The van der Waals surface area contributed by atoms with Gasteiger partial charge in [-0.1, -0.05) is 0 Å². The second-order valence-corrected chi connectivity index (χ2v) is 5.54. The van der Waals surface area contributed by atoms with Gasteiger partial charge < -0.3 is 10.1 Å². The Bertz CT molecular complexity index is 342. The molecule has 1 saturated carbocycles. The average molecular weight is 268 g/mol. The summed E-state index contributed by atoms with van der Waals surface area (Å²) in [5.41, 5.74) is 0. The Kier molecular flexibility index (Phi) is 4.80. The van der Waals surface area contributed by atoms with Crippen LogP contribution in [0.4, 0.5) is 0 Å². The van der Waals surface area contributed by atoms with Crippen LogP contribution in [0.2, 0.25) is 0 Å².